The molecule has 2 aromatic rings. The molecule has 1 saturated heterocycles. The number of carboxylic acid groups (broad SMARTS) is 1. The molecule has 1 atom stereocenters. The van der Waals surface area contributed by atoms with Gasteiger partial charge >= 0.3 is 5.97 Å². The first-order valence-corrected chi connectivity index (χ1v) is 9.52. The molecule has 144 valence electrons. The lowest BCUT2D eigenvalue weighted by Crippen LogP contribution is -2.35. The van der Waals surface area contributed by atoms with E-state index in [0.717, 1.165) is 49.4 Å². The molecule has 0 aromatic heterocycles. The molecular formula is C22H27NO4. The predicted molar refractivity (Wildman–Crippen MR) is 104 cm³/mol. The zero-order valence-electron chi connectivity index (χ0n) is 15.7. The highest BCUT2D eigenvalue weighted by Gasteiger charge is 2.26. The Bertz CT molecular complexity index is 751. The number of hydrogen-bond donors (Lipinski definition) is 2. The van der Waals surface area contributed by atoms with Crippen molar-refractivity contribution in [1.29, 1.82) is 0 Å². The van der Waals surface area contributed by atoms with Gasteiger partial charge in [0.1, 0.15) is 5.75 Å². The third kappa shape index (κ3) is 5.08. The van der Waals surface area contributed by atoms with Gasteiger partial charge in [0.25, 0.3) is 0 Å². The maximum Gasteiger partial charge on any atom is 0.335 e. The number of aromatic carboxylic acids is 1. The summed E-state index contributed by atoms with van der Waals surface area (Å²) in [7, 11) is 0. The number of aliphatic hydroxyl groups excluding tert-OH is 1. The van der Waals surface area contributed by atoms with E-state index < -0.39 is 12.1 Å². The molecule has 1 heterocycles. The van der Waals surface area contributed by atoms with E-state index in [1.165, 1.54) is 0 Å². The largest absolute Gasteiger partial charge is 0.494 e. The Labute approximate surface area is 160 Å². The van der Waals surface area contributed by atoms with E-state index in [0.29, 0.717) is 12.2 Å². The number of carboxylic acids is 1. The molecule has 1 fully saturated rings. The van der Waals surface area contributed by atoms with Crippen molar-refractivity contribution in [3.05, 3.63) is 65.2 Å². The number of likely N-dealkylation sites (tertiary alicyclic amines) is 1. The van der Waals surface area contributed by atoms with Crippen LogP contribution in [0.1, 0.15) is 47.4 Å². The van der Waals surface area contributed by atoms with E-state index in [-0.39, 0.29) is 5.92 Å². The Hall–Kier alpha value is -2.37. The topological polar surface area (TPSA) is 70.0 Å². The number of rotatable bonds is 7. The van der Waals surface area contributed by atoms with E-state index in [2.05, 4.69) is 4.90 Å². The van der Waals surface area contributed by atoms with Gasteiger partial charge < -0.3 is 14.9 Å². The molecule has 0 amide bonds. The third-order valence-electron chi connectivity index (χ3n) is 5.19. The van der Waals surface area contributed by atoms with Crippen LogP contribution in [0, 0.1) is 5.92 Å². The van der Waals surface area contributed by atoms with E-state index in [1.807, 2.05) is 37.3 Å². The Kier molecular flexibility index (Phi) is 6.48. The number of benzene rings is 2. The summed E-state index contributed by atoms with van der Waals surface area (Å²) in [6, 6.07) is 14.8. The third-order valence-corrected chi connectivity index (χ3v) is 5.19. The highest BCUT2D eigenvalue weighted by molar-refractivity contribution is 5.87. The predicted octanol–water partition coefficient (Wildman–Crippen LogP) is 3.73. The second-order valence-corrected chi connectivity index (χ2v) is 7.07. The van der Waals surface area contributed by atoms with Crippen LogP contribution in [-0.2, 0) is 6.54 Å². The molecule has 0 radical (unpaired) electrons. The zero-order chi connectivity index (χ0) is 19.2. The van der Waals surface area contributed by atoms with Gasteiger partial charge in [-0.05, 0) is 74.2 Å². The van der Waals surface area contributed by atoms with Crippen molar-refractivity contribution in [2.45, 2.75) is 32.4 Å². The van der Waals surface area contributed by atoms with Gasteiger partial charge in [-0.25, -0.2) is 4.79 Å². The minimum Gasteiger partial charge on any atom is -0.494 e. The molecule has 27 heavy (non-hydrogen) atoms. The first-order chi connectivity index (χ1) is 13.1. The fourth-order valence-corrected chi connectivity index (χ4v) is 3.69. The van der Waals surface area contributed by atoms with Gasteiger partial charge in [0.05, 0.1) is 18.3 Å². The van der Waals surface area contributed by atoms with Crippen LogP contribution in [0.5, 0.6) is 5.75 Å². The Morgan fingerprint density at radius 2 is 1.89 bits per heavy atom. The SMILES string of the molecule is CCOc1ccc(C(O)C2CCN(Cc3cccc(C(=O)O)c3)CC2)cc1. The molecule has 1 aliphatic rings. The van der Waals surface area contributed by atoms with Crippen LogP contribution in [0.3, 0.4) is 0 Å². The van der Waals surface area contributed by atoms with Crippen LogP contribution in [-0.4, -0.2) is 40.8 Å². The summed E-state index contributed by atoms with van der Waals surface area (Å²) in [5.74, 6) is 0.172. The highest BCUT2D eigenvalue weighted by Crippen LogP contribution is 2.32. The van der Waals surface area contributed by atoms with Crippen LogP contribution < -0.4 is 4.74 Å². The molecule has 5 nitrogen and oxygen atoms in total. The fourth-order valence-electron chi connectivity index (χ4n) is 3.69. The monoisotopic (exact) mass is 369 g/mol. The van der Waals surface area contributed by atoms with Gasteiger partial charge in [0, 0.05) is 6.54 Å². The van der Waals surface area contributed by atoms with Crippen molar-refractivity contribution in [3.8, 4) is 5.75 Å². The van der Waals surface area contributed by atoms with Crippen molar-refractivity contribution >= 4 is 5.97 Å². The van der Waals surface area contributed by atoms with Gasteiger partial charge in [-0.15, -0.1) is 0 Å². The minimum atomic E-state index is -0.894. The summed E-state index contributed by atoms with van der Waals surface area (Å²) in [6.07, 6.45) is 1.39. The Morgan fingerprint density at radius 1 is 1.19 bits per heavy atom. The normalized spacial score (nSPS) is 16.8. The maximum atomic E-state index is 11.1. The molecule has 3 rings (SSSR count). The van der Waals surface area contributed by atoms with Crippen molar-refractivity contribution in [1.82, 2.24) is 4.90 Å². The number of aliphatic hydroxyl groups is 1. The molecule has 0 aliphatic carbocycles. The lowest BCUT2D eigenvalue weighted by atomic mass is 9.87. The summed E-state index contributed by atoms with van der Waals surface area (Å²) >= 11 is 0. The number of hydrogen-bond acceptors (Lipinski definition) is 4. The molecular weight excluding hydrogens is 342 g/mol. The molecule has 1 aliphatic heterocycles. The van der Waals surface area contributed by atoms with Gasteiger partial charge in [-0.1, -0.05) is 24.3 Å². The second kappa shape index (κ2) is 9.02. The highest BCUT2D eigenvalue weighted by atomic mass is 16.5. The molecule has 2 aromatic carbocycles. The fraction of sp³-hybridized carbons (Fsp3) is 0.409. The van der Waals surface area contributed by atoms with Crippen LogP contribution in [0.2, 0.25) is 0 Å². The maximum absolute atomic E-state index is 11.1. The summed E-state index contributed by atoms with van der Waals surface area (Å²) in [6.45, 7) is 5.13. The van der Waals surface area contributed by atoms with E-state index in [9.17, 15) is 9.90 Å². The number of nitrogens with zero attached hydrogens (tertiary/aromatic N) is 1. The average Bonchev–Trinajstić information content (AvgIpc) is 2.69. The smallest absolute Gasteiger partial charge is 0.335 e. The summed E-state index contributed by atoms with van der Waals surface area (Å²) in [5, 5.41) is 19.8. The first kappa shape index (κ1) is 19.4. The first-order valence-electron chi connectivity index (χ1n) is 9.52. The van der Waals surface area contributed by atoms with Crippen LogP contribution in [0.25, 0.3) is 0 Å². The lowest BCUT2D eigenvalue weighted by molar-refractivity contribution is 0.0566. The van der Waals surface area contributed by atoms with Crippen LogP contribution >= 0.6 is 0 Å². The van der Waals surface area contributed by atoms with Crippen molar-refractivity contribution < 1.29 is 19.7 Å². The number of carbonyl (C=O) groups is 1. The number of piperidine rings is 1. The number of ether oxygens (including phenoxy) is 1. The van der Waals surface area contributed by atoms with Gasteiger partial charge in [0.2, 0.25) is 0 Å². The van der Waals surface area contributed by atoms with Crippen molar-refractivity contribution in [3.63, 3.8) is 0 Å². The minimum absolute atomic E-state index is 0.240. The summed E-state index contributed by atoms with van der Waals surface area (Å²) < 4.78 is 5.45. The van der Waals surface area contributed by atoms with Crippen molar-refractivity contribution in [2.75, 3.05) is 19.7 Å². The van der Waals surface area contributed by atoms with Gasteiger partial charge in [-0.3, -0.25) is 4.90 Å². The van der Waals surface area contributed by atoms with E-state index in [1.54, 1.807) is 18.2 Å². The van der Waals surface area contributed by atoms with E-state index >= 15 is 0 Å². The molecule has 0 spiro atoms. The van der Waals surface area contributed by atoms with Crippen molar-refractivity contribution in [2.24, 2.45) is 5.92 Å². The van der Waals surface area contributed by atoms with E-state index in [4.69, 9.17) is 9.84 Å². The summed E-state index contributed by atoms with van der Waals surface area (Å²) in [4.78, 5) is 13.4. The van der Waals surface area contributed by atoms with Gasteiger partial charge in [0.15, 0.2) is 0 Å². The summed E-state index contributed by atoms with van der Waals surface area (Å²) in [5.41, 5.74) is 2.28. The van der Waals surface area contributed by atoms with Gasteiger partial charge in [-0.2, -0.15) is 0 Å². The molecule has 2 N–H and O–H groups in total. The van der Waals surface area contributed by atoms with Crippen LogP contribution in [0.4, 0.5) is 0 Å². The molecule has 0 saturated carbocycles. The standard InChI is InChI=1S/C22H27NO4/c1-2-27-20-8-6-17(7-9-20)21(24)18-10-12-23(13-11-18)15-16-4-3-5-19(14-16)22(25)26/h3-9,14,18,21,24H,2,10-13,15H2,1H3,(H,25,26). The van der Waals surface area contributed by atoms with Crippen LogP contribution in [0.15, 0.2) is 48.5 Å². The Morgan fingerprint density at radius 3 is 2.52 bits per heavy atom. The molecule has 5 heteroatoms. The lowest BCUT2D eigenvalue weighted by Gasteiger charge is -2.34. The molecule has 0 bridgehead atoms. The quantitative estimate of drug-likeness (QED) is 0.778. The molecule has 1 unspecified atom stereocenters. The average molecular weight is 369 g/mol. The Balaban J connectivity index is 1.53. The second-order valence-electron chi connectivity index (χ2n) is 7.07. The zero-order valence-corrected chi connectivity index (χ0v) is 15.7.